The molecule has 1 heterocycles. The summed E-state index contributed by atoms with van der Waals surface area (Å²) in [4.78, 5) is 6.84. The first-order chi connectivity index (χ1) is 12.2. The Morgan fingerprint density at radius 1 is 1.23 bits per heavy atom. The van der Waals surface area contributed by atoms with Crippen molar-refractivity contribution >= 4 is 41.7 Å². The molecule has 1 fully saturated rings. The van der Waals surface area contributed by atoms with Gasteiger partial charge in [0.2, 0.25) is 0 Å². The fourth-order valence-electron chi connectivity index (χ4n) is 3.07. The Labute approximate surface area is 179 Å². The molecule has 0 amide bonds. The van der Waals surface area contributed by atoms with Gasteiger partial charge in [-0.05, 0) is 55.8 Å². The fraction of sp³-hybridized carbons (Fsp3) is 0.632. The molecule has 0 unspecified atom stereocenters. The molecule has 148 valence electrons. The van der Waals surface area contributed by atoms with Gasteiger partial charge in [-0.3, -0.25) is 9.89 Å². The summed E-state index contributed by atoms with van der Waals surface area (Å²) < 4.78 is 5.22. The molecule has 0 saturated carbocycles. The van der Waals surface area contributed by atoms with E-state index in [1.807, 2.05) is 30.9 Å². The van der Waals surface area contributed by atoms with Crippen molar-refractivity contribution in [2.45, 2.75) is 19.4 Å². The van der Waals surface area contributed by atoms with E-state index >= 15 is 0 Å². The van der Waals surface area contributed by atoms with E-state index in [2.05, 4.69) is 38.9 Å². The molecule has 2 N–H and O–H groups in total. The van der Waals surface area contributed by atoms with Gasteiger partial charge in [-0.15, -0.1) is 24.0 Å². The van der Waals surface area contributed by atoms with Crippen LogP contribution in [0.2, 0.25) is 0 Å². The molecule has 1 aliphatic rings. The first-order valence-electron chi connectivity index (χ1n) is 9.04. The molecule has 2 rings (SSSR count). The van der Waals surface area contributed by atoms with E-state index < -0.39 is 0 Å². The van der Waals surface area contributed by atoms with E-state index in [1.54, 1.807) is 7.11 Å². The normalized spacial score (nSPS) is 16.0. The standard InChI is InChI=1S/C19H32N4OS.HI/c1-20-19(21-10-13-25-3)22-14-16-8-11-23(12-9-16)15-17-4-6-18(24-2)7-5-17;/h4-7,16H,8-15H2,1-3H3,(H2,20,21,22);1H. The van der Waals surface area contributed by atoms with Gasteiger partial charge in [0, 0.05) is 32.4 Å². The maximum Gasteiger partial charge on any atom is 0.191 e. The van der Waals surface area contributed by atoms with E-state index in [4.69, 9.17) is 4.74 Å². The summed E-state index contributed by atoms with van der Waals surface area (Å²) >= 11 is 1.85. The Morgan fingerprint density at radius 2 is 1.92 bits per heavy atom. The van der Waals surface area contributed by atoms with Gasteiger partial charge >= 0.3 is 0 Å². The van der Waals surface area contributed by atoms with E-state index in [1.165, 1.54) is 18.4 Å². The van der Waals surface area contributed by atoms with Crippen LogP contribution in [0, 0.1) is 5.92 Å². The van der Waals surface area contributed by atoms with E-state index in [0.717, 1.165) is 56.1 Å². The summed E-state index contributed by atoms with van der Waals surface area (Å²) in [6.07, 6.45) is 4.60. The molecule has 0 radical (unpaired) electrons. The van der Waals surface area contributed by atoms with Crippen LogP contribution in [-0.2, 0) is 6.54 Å². The van der Waals surface area contributed by atoms with E-state index in [9.17, 15) is 0 Å². The quantitative estimate of drug-likeness (QED) is 0.253. The highest BCUT2D eigenvalue weighted by Gasteiger charge is 2.19. The predicted molar refractivity (Wildman–Crippen MR) is 124 cm³/mol. The average molecular weight is 492 g/mol. The molecule has 0 bridgehead atoms. The van der Waals surface area contributed by atoms with Gasteiger partial charge < -0.3 is 15.4 Å². The Balaban J connectivity index is 0.00000338. The zero-order valence-corrected chi connectivity index (χ0v) is 19.3. The third-order valence-electron chi connectivity index (χ3n) is 4.65. The molecule has 0 aromatic heterocycles. The number of benzene rings is 1. The van der Waals surface area contributed by atoms with Crippen molar-refractivity contribution in [2.75, 3.05) is 52.3 Å². The first-order valence-corrected chi connectivity index (χ1v) is 10.4. The number of guanidine groups is 1. The number of halogens is 1. The predicted octanol–water partition coefficient (Wildman–Crippen LogP) is 3.05. The highest BCUT2D eigenvalue weighted by molar-refractivity contribution is 14.0. The van der Waals surface area contributed by atoms with Crippen LogP contribution < -0.4 is 15.4 Å². The lowest BCUT2D eigenvalue weighted by Gasteiger charge is -2.32. The van der Waals surface area contributed by atoms with Crippen molar-refractivity contribution in [3.63, 3.8) is 0 Å². The summed E-state index contributed by atoms with van der Waals surface area (Å²) in [6, 6.07) is 8.41. The molecule has 7 heteroatoms. The molecular formula is C19H33IN4OS. The van der Waals surface area contributed by atoms with Crippen LogP contribution >= 0.6 is 35.7 Å². The maximum absolute atomic E-state index is 5.22. The number of piperidine rings is 1. The third kappa shape index (κ3) is 8.35. The van der Waals surface area contributed by atoms with Crippen molar-refractivity contribution in [2.24, 2.45) is 10.9 Å². The van der Waals surface area contributed by atoms with Crippen LogP contribution in [0.5, 0.6) is 5.75 Å². The van der Waals surface area contributed by atoms with E-state index in [0.29, 0.717) is 0 Å². The van der Waals surface area contributed by atoms with Crippen LogP contribution in [0.25, 0.3) is 0 Å². The molecule has 26 heavy (non-hydrogen) atoms. The highest BCUT2D eigenvalue weighted by atomic mass is 127. The van der Waals surface area contributed by atoms with Gasteiger partial charge in [0.15, 0.2) is 5.96 Å². The number of nitrogens with one attached hydrogen (secondary N) is 2. The third-order valence-corrected chi connectivity index (χ3v) is 5.27. The van der Waals surface area contributed by atoms with Gasteiger partial charge in [-0.25, -0.2) is 0 Å². The Hall–Kier alpha value is -0.670. The topological polar surface area (TPSA) is 48.9 Å². The van der Waals surface area contributed by atoms with Gasteiger partial charge in [-0.1, -0.05) is 12.1 Å². The van der Waals surface area contributed by atoms with Gasteiger partial charge in [-0.2, -0.15) is 11.8 Å². The van der Waals surface area contributed by atoms with Crippen LogP contribution in [-0.4, -0.2) is 63.2 Å². The largest absolute Gasteiger partial charge is 0.497 e. The zero-order valence-electron chi connectivity index (χ0n) is 16.2. The fourth-order valence-corrected chi connectivity index (χ4v) is 3.38. The lowest BCUT2D eigenvalue weighted by Crippen LogP contribution is -2.43. The van der Waals surface area contributed by atoms with Crippen molar-refractivity contribution < 1.29 is 4.74 Å². The molecule has 0 aliphatic carbocycles. The molecule has 1 aromatic rings. The number of methoxy groups -OCH3 is 1. The lowest BCUT2D eigenvalue weighted by molar-refractivity contribution is 0.178. The first kappa shape index (κ1) is 23.4. The van der Waals surface area contributed by atoms with Crippen LogP contribution in [0.4, 0.5) is 0 Å². The maximum atomic E-state index is 5.22. The lowest BCUT2D eigenvalue weighted by atomic mass is 9.96. The van der Waals surface area contributed by atoms with Gasteiger partial charge in [0.25, 0.3) is 0 Å². The van der Waals surface area contributed by atoms with Crippen molar-refractivity contribution in [3.05, 3.63) is 29.8 Å². The number of likely N-dealkylation sites (tertiary alicyclic amines) is 1. The Kier molecular flexibility index (Phi) is 12.1. The molecule has 1 aliphatic heterocycles. The summed E-state index contributed by atoms with van der Waals surface area (Å²) in [5.74, 6) is 3.68. The van der Waals surface area contributed by atoms with Gasteiger partial charge in [0.05, 0.1) is 7.11 Å². The molecule has 0 atom stereocenters. The van der Waals surface area contributed by atoms with E-state index in [-0.39, 0.29) is 24.0 Å². The van der Waals surface area contributed by atoms with Crippen LogP contribution in [0.1, 0.15) is 18.4 Å². The Bertz CT molecular complexity index is 519. The zero-order chi connectivity index (χ0) is 17.9. The van der Waals surface area contributed by atoms with Crippen molar-refractivity contribution in [1.82, 2.24) is 15.5 Å². The average Bonchev–Trinajstić information content (AvgIpc) is 2.66. The number of thioether (sulfide) groups is 1. The molecule has 5 nitrogen and oxygen atoms in total. The number of aliphatic imine (C=N–C) groups is 1. The minimum Gasteiger partial charge on any atom is -0.497 e. The smallest absolute Gasteiger partial charge is 0.191 e. The minimum atomic E-state index is 0. The Morgan fingerprint density at radius 3 is 2.50 bits per heavy atom. The number of hydrogen-bond acceptors (Lipinski definition) is 4. The second kappa shape index (κ2) is 13.5. The second-order valence-corrected chi connectivity index (χ2v) is 7.43. The molecule has 0 spiro atoms. The minimum absolute atomic E-state index is 0. The molecular weight excluding hydrogens is 459 g/mol. The number of nitrogens with zero attached hydrogens (tertiary/aromatic N) is 2. The summed E-state index contributed by atoms with van der Waals surface area (Å²) in [5.41, 5.74) is 1.36. The number of rotatable bonds is 8. The van der Waals surface area contributed by atoms with Gasteiger partial charge in [0.1, 0.15) is 5.75 Å². The second-order valence-electron chi connectivity index (χ2n) is 6.44. The van der Waals surface area contributed by atoms with Crippen LogP contribution in [0.3, 0.4) is 0 Å². The van der Waals surface area contributed by atoms with Crippen molar-refractivity contribution in [3.8, 4) is 5.75 Å². The number of ether oxygens (including phenoxy) is 1. The monoisotopic (exact) mass is 492 g/mol. The molecule has 1 saturated heterocycles. The van der Waals surface area contributed by atoms with Crippen LogP contribution in [0.15, 0.2) is 29.3 Å². The summed E-state index contributed by atoms with van der Waals surface area (Å²) in [6.45, 7) is 5.33. The highest BCUT2D eigenvalue weighted by Crippen LogP contribution is 2.19. The summed E-state index contributed by atoms with van der Waals surface area (Å²) in [5, 5.41) is 6.83. The van der Waals surface area contributed by atoms with Crippen molar-refractivity contribution in [1.29, 1.82) is 0 Å². The SMILES string of the molecule is CN=C(NCCSC)NCC1CCN(Cc2ccc(OC)cc2)CC1.I. The summed E-state index contributed by atoms with van der Waals surface area (Å²) in [7, 11) is 3.55. The number of hydrogen-bond donors (Lipinski definition) is 2. The molecule has 1 aromatic carbocycles.